The van der Waals surface area contributed by atoms with Gasteiger partial charge in [0, 0.05) is 5.56 Å². The van der Waals surface area contributed by atoms with Crippen LogP contribution in [-0.4, -0.2) is 17.0 Å². The zero-order valence-corrected chi connectivity index (χ0v) is 14.8. The summed E-state index contributed by atoms with van der Waals surface area (Å²) in [5.41, 5.74) is 4.69. The Morgan fingerprint density at radius 3 is 2.80 bits per heavy atom. The first kappa shape index (κ1) is 17.3. The molecule has 1 amide bonds. The van der Waals surface area contributed by atoms with Gasteiger partial charge in [-0.1, -0.05) is 32.0 Å². The lowest BCUT2D eigenvalue weighted by atomic mass is 9.97. The number of carbonyl (C=O) groups is 2. The molecule has 3 rings (SSSR count). The molecule has 1 aromatic carbocycles. The lowest BCUT2D eigenvalue weighted by Gasteiger charge is -2.16. The molecule has 2 aromatic rings. The van der Waals surface area contributed by atoms with Gasteiger partial charge in [0.2, 0.25) is 0 Å². The second kappa shape index (κ2) is 6.75. The highest BCUT2D eigenvalue weighted by atomic mass is 16.4. The van der Waals surface area contributed by atoms with Crippen LogP contribution >= 0.6 is 0 Å². The number of carboxylic acid groups (broad SMARTS) is 1. The van der Waals surface area contributed by atoms with Crippen LogP contribution in [0.15, 0.2) is 28.9 Å². The van der Waals surface area contributed by atoms with Crippen LogP contribution in [-0.2, 0) is 17.6 Å². The van der Waals surface area contributed by atoms with E-state index >= 15 is 0 Å². The molecule has 1 unspecified atom stereocenters. The fourth-order valence-electron chi connectivity index (χ4n) is 3.43. The van der Waals surface area contributed by atoms with Gasteiger partial charge >= 0.3 is 5.97 Å². The van der Waals surface area contributed by atoms with Crippen LogP contribution in [0.3, 0.4) is 0 Å². The molecule has 0 fully saturated rings. The predicted molar refractivity (Wildman–Crippen MR) is 93.8 cm³/mol. The maximum Gasteiger partial charge on any atom is 0.311 e. The van der Waals surface area contributed by atoms with Gasteiger partial charge in [0.15, 0.2) is 0 Å². The van der Waals surface area contributed by atoms with Crippen molar-refractivity contribution in [1.82, 2.24) is 5.32 Å². The third-order valence-corrected chi connectivity index (χ3v) is 4.81. The summed E-state index contributed by atoms with van der Waals surface area (Å²) in [7, 11) is 0. The fraction of sp³-hybridized carbons (Fsp3) is 0.400. The molecule has 0 saturated heterocycles. The number of fused-ring (bicyclic) bond motifs is 1. The Morgan fingerprint density at radius 1 is 1.36 bits per heavy atom. The minimum atomic E-state index is -1.02. The van der Waals surface area contributed by atoms with Crippen molar-refractivity contribution >= 4 is 11.9 Å². The van der Waals surface area contributed by atoms with Crippen LogP contribution in [0.2, 0.25) is 0 Å². The molecular weight excluding hydrogens is 318 g/mol. The molecule has 1 aromatic heterocycles. The zero-order valence-electron chi connectivity index (χ0n) is 14.8. The summed E-state index contributed by atoms with van der Waals surface area (Å²) in [6.45, 7) is 6.05. The smallest absolute Gasteiger partial charge is 0.311 e. The van der Waals surface area contributed by atoms with E-state index in [1.54, 1.807) is 6.92 Å². The molecule has 0 bridgehead atoms. The number of carboxylic acids is 1. The van der Waals surface area contributed by atoms with Crippen molar-refractivity contribution in [2.24, 2.45) is 0 Å². The van der Waals surface area contributed by atoms with Gasteiger partial charge < -0.3 is 14.8 Å². The van der Waals surface area contributed by atoms with Crippen LogP contribution < -0.4 is 5.32 Å². The number of nitrogens with one attached hydrogen (secondary N) is 1. The van der Waals surface area contributed by atoms with Gasteiger partial charge in [-0.15, -0.1) is 0 Å². The Morgan fingerprint density at radius 2 is 2.12 bits per heavy atom. The van der Waals surface area contributed by atoms with E-state index in [4.69, 9.17) is 9.52 Å². The van der Waals surface area contributed by atoms with Crippen molar-refractivity contribution in [3.05, 3.63) is 58.0 Å². The molecule has 0 radical (unpaired) electrons. The number of amides is 1. The molecule has 0 spiro atoms. The lowest BCUT2D eigenvalue weighted by Crippen LogP contribution is -2.28. The number of aliphatic carboxylic acids is 1. The standard InChI is InChI=1S/C20H23NO4/c1-11(2)14-5-4-13-6-7-16(15(13)8-14)21-20(24)19-12(3)10-25-17(19)9-18(22)23/h4-5,8,10-11,16H,6-7,9H2,1-3H3,(H,21,24)(H,22,23). The average molecular weight is 341 g/mol. The maximum absolute atomic E-state index is 12.7. The number of furan rings is 1. The summed E-state index contributed by atoms with van der Waals surface area (Å²) in [6.07, 6.45) is 2.93. The quantitative estimate of drug-likeness (QED) is 0.868. The average Bonchev–Trinajstić information content (AvgIpc) is 3.10. The molecule has 25 heavy (non-hydrogen) atoms. The van der Waals surface area contributed by atoms with Crippen molar-refractivity contribution in [3.8, 4) is 0 Å². The van der Waals surface area contributed by atoms with Crippen molar-refractivity contribution < 1.29 is 19.1 Å². The van der Waals surface area contributed by atoms with Crippen molar-refractivity contribution in [2.75, 3.05) is 0 Å². The van der Waals surface area contributed by atoms with Gasteiger partial charge in [-0.25, -0.2) is 0 Å². The van der Waals surface area contributed by atoms with E-state index in [1.807, 2.05) is 0 Å². The molecule has 1 atom stereocenters. The number of benzene rings is 1. The summed E-state index contributed by atoms with van der Waals surface area (Å²) in [5, 5.41) is 12.1. The number of hydrogen-bond donors (Lipinski definition) is 2. The van der Waals surface area contributed by atoms with Crippen LogP contribution in [0.25, 0.3) is 0 Å². The summed E-state index contributed by atoms with van der Waals surface area (Å²) in [6, 6.07) is 6.43. The maximum atomic E-state index is 12.7. The van der Waals surface area contributed by atoms with Gasteiger partial charge in [-0.05, 0) is 42.4 Å². The normalized spacial score (nSPS) is 16.1. The van der Waals surface area contributed by atoms with E-state index in [0.717, 1.165) is 12.8 Å². The van der Waals surface area contributed by atoms with Crippen molar-refractivity contribution in [1.29, 1.82) is 0 Å². The minimum absolute atomic E-state index is 0.0480. The Balaban J connectivity index is 1.83. The highest BCUT2D eigenvalue weighted by Crippen LogP contribution is 2.34. The number of rotatable bonds is 5. The second-order valence-corrected chi connectivity index (χ2v) is 6.97. The molecule has 132 valence electrons. The number of carbonyl (C=O) groups excluding carboxylic acids is 1. The summed E-state index contributed by atoms with van der Waals surface area (Å²) < 4.78 is 5.27. The van der Waals surface area contributed by atoms with Gasteiger partial charge in [0.25, 0.3) is 5.91 Å². The molecule has 1 heterocycles. The molecule has 0 saturated carbocycles. The highest BCUT2D eigenvalue weighted by molar-refractivity contribution is 5.97. The first-order chi connectivity index (χ1) is 11.9. The zero-order chi connectivity index (χ0) is 18.1. The molecule has 5 heteroatoms. The largest absolute Gasteiger partial charge is 0.481 e. The van der Waals surface area contributed by atoms with Gasteiger partial charge in [-0.3, -0.25) is 9.59 Å². The van der Waals surface area contributed by atoms with E-state index < -0.39 is 5.97 Å². The lowest BCUT2D eigenvalue weighted by molar-refractivity contribution is -0.136. The van der Waals surface area contributed by atoms with E-state index in [-0.39, 0.29) is 24.1 Å². The Kier molecular flexibility index (Phi) is 4.66. The first-order valence-corrected chi connectivity index (χ1v) is 8.59. The van der Waals surface area contributed by atoms with Crippen molar-refractivity contribution in [2.45, 2.75) is 52.0 Å². The van der Waals surface area contributed by atoms with Gasteiger partial charge in [-0.2, -0.15) is 0 Å². The Labute approximate surface area is 147 Å². The summed E-state index contributed by atoms with van der Waals surface area (Å²) >= 11 is 0. The molecule has 1 aliphatic rings. The molecule has 1 aliphatic carbocycles. The minimum Gasteiger partial charge on any atom is -0.481 e. The van der Waals surface area contributed by atoms with Gasteiger partial charge in [0.05, 0.1) is 17.9 Å². The van der Waals surface area contributed by atoms with Crippen LogP contribution in [0.4, 0.5) is 0 Å². The molecule has 0 aliphatic heterocycles. The third-order valence-electron chi connectivity index (χ3n) is 4.81. The Bertz CT molecular complexity index is 819. The molecule has 5 nitrogen and oxygen atoms in total. The van der Waals surface area contributed by atoms with E-state index in [2.05, 4.69) is 37.4 Å². The van der Waals surface area contributed by atoms with Crippen LogP contribution in [0.1, 0.15) is 70.6 Å². The molecule has 2 N–H and O–H groups in total. The number of aryl methyl sites for hydroxylation is 2. The fourth-order valence-corrected chi connectivity index (χ4v) is 3.43. The van der Waals surface area contributed by atoms with Crippen molar-refractivity contribution in [3.63, 3.8) is 0 Å². The Hall–Kier alpha value is -2.56. The SMILES string of the molecule is Cc1coc(CC(=O)O)c1C(=O)NC1CCc2ccc(C(C)C)cc21. The first-order valence-electron chi connectivity index (χ1n) is 8.59. The van der Waals surface area contributed by atoms with E-state index in [1.165, 1.54) is 23.0 Å². The monoisotopic (exact) mass is 341 g/mol. The topological polar surface area (TPSA) is 79.5 Å². The van der Waals surface area contributed by atoms with Crippen LogP contribution in [0.5, 0.6) is 0 Å². The summed E-state index contributed by atoms with van der Waals surface area (Å²) in [5.74, 6) is -0.649. The highest BCUT2D eigenvalue weighted by Gasteiger charge is 2.27. The second-order valence-electron chi connectivity index (χ2n) is 6.97. The summed E-state index contributed by atoms with van der Waals surface area (Å²) in [4.78, 5) is 23.7. The van der Waals surface area contributed by atoms with E-state index in [9.17, 15) is 9.59 Å². The molecular formula is C20H23NO4. The van der Waals surface area contributed by atoms with Crippen LogP contribution in [0, 0.1) is 6.92 Å². The number of hydrogen-bond acceptors (Lipinski definition) is 3. The third kappa shape index (κ3) is 3.45. The van der Waals surface area contributed by atoms with E-state index in [0.29, 0.717) is 17.0 Å². The van der Waals surface area contributed by atoms with Gasteiger partial charge in [0.1, 0.15) is 12.2 Å². The predicted octanol–water partition coefficient (Wildman–Crippen LogP) is 3.76.